The van der Waals surface area contributed by atoms with Gasteiger partial charge >= 0.3 is 11.9 Å². The predicted octanol–water partition coefficient (Wildman–Crippen LogP) is 1.29. The number of anilines is 2. The predicted molar refractivity (Wildman–Crippen MR) is 79.9 cm³/mol. The lowest BCUT2D eigenvalue weighted by Gasteiger charge is -2.24. The van der Waals surface area contributed by atoms with E-state index in [0.717, 1.165) is 18.9 Å². The molecule has 1 heterocycles. The van der Waals surface area contributed by atoms with Gasteiger partial charge in [-0.15, -0.1) is 0 Å². The molecule has 2 N–H and O–H groups in total. The summed E-state index contributed by atoms with van der Waals surface area (Å²) in [6, 6.07) is 3.59. The Balaban J connectivity index is 2.86. The van der Waals surface area contributed by atoms with E-state index >= 15 is 0 Å². The van der Waals surface area contributed by atoms with Crippen LogP contribution in [0.4, 0.5) is 11.5 Å². The molecule has 0 radical (unpaired) electrons. The molecule has 0 unspecified atom stereocenters. The van der Waals surface area contributed by atoms with Gasteiger partial charge in [-0.05, 0) is 26.0 Å². The molecule has 1 aromatic heterocycles. The molecule has 116 valence electrons. The molecule has 0 aliphatic heterocycles. The third kappa shape index (κ3) is 5.29. The van der Waals surface area contributed by atoms with Gasteiger partial charge in [-0.3, -0.25) is 9.59 Å². The van der Waals surface area contributed by atoms with Crippen LogP contribution in [0.15, 0.2) is 18.3 Å². The minimum absolute atomic E-state index is 0.120. The minimum atomic E-state index is -1.01. The van der Waals surface area contributed by atoms with Crippen LogP contribution in [-0.2, 0) is 9.59 Å². The zero-order valence-corrected chi connectivity index (χ0v) is 12.3. The number of rotatable bonds is 9. The van der Waals surface area contributed by atoms with E-state index in [4.69, 9.17) is 10.2 Å². The highest BCUT2D eigenvalue weighted by atomic mass is 16.4. The maximum atomic E-state index is 10.9. The molecule has 0 saturated carbocycles. The van der Waals surface area contributed by atoms with Gasteiger partial charge < -0.3 is 20.0 Å². The van der Waals surface area contributed by atoms with Crippen molar-refractivity contribution in [2.45, 2.75) is 20.3 Å². The first-order chi connectivity index (χ1) is 9.97. The van der Waals surface area contributed by atoms with Gasteiger partial charge in [0.25, 0.3) is 0 Å². The molecular formula is C14H21N3O4. The highest BCUT2D eigenvalue weighted by molar-refractivity contribution is 5.74. The van der Waals surface area contributed by atoms with E-state index in [9.17, 15) is 9.59 Å². The maximum absolute atomic E-state index is 10.9. The minimum Gasteiger partial charge on any atom is -0.481 e. The number of pyridine rings is 1. The fraction of sp³-hybridized carbons (Fsp3) is 0.500. The standard InChI is InChI=1S/C14H21N3O4/c1-3-16(4-2)12-6-5-11(9-15-12)17(10-14(20)21)8-7-13(18)19/h5-6,9H,3-4,7-8,10H2,1-2H3,(H,18,19)(H,20,21). The van der Waals surface area contributed by atoms with E-state index in [1.165, 1.54) is 4.90 Å². The average molecular weight is 295 g/mol. The molecule has 0 aliphatic rings. The molecule has 1 aromatic rings. The first-order valence-electron chi connectivity index (χ1n) is 6.87. The van der Waals surface area contributed by atoms with Crippen LogP contribution >= 0.6 is 0 Å². The summed E-state index contributed by atoms with van der Waals surface area (Å²) in [5.41, 5.74) is 0.606. The van der Waals surface area contributed by atoms with Crippen LogP contribution in [-0.4, -0.2) is 53.3 Å². The van der Waals surface area contributed by atoms with E-state index in [1.807, 2.05) is 19.9 Å². The first-order valence-corrected chi connectivity index (χ1v) is 6.87. The quantitative estimate of drug-likeness (QED) is 0.709. The van der Waals surface area contributed by atoms with Crippen molar-refractivity contribution in [2.75, 3.05) is 36.0 Å². The summed E-state index contributed by atoms with van der Waals surface area (Å²) >= 11 is 0. The van der Waals surface area contributed by atoms with Gasteiger partial charge in [0.2, 0.25) is 0 Å². The van der Waals surface area contributed by atoms with Crippen LogP contribution in [0, 0.1) is 0 Å². The van der Waals surface area contributed by atoms with Crippen LogP contribution in [0.3, 0.4) is 0 Å². The highest BCUT2D eigenvalue weighted by Gasteiger charge is 2.13. The van der Waals surface area contributed by atoms with Gasteiger partial charge in [-0.1, -0.05) is 0 Å². The van der Waals surface area contributed by atoms with Crippen LogP contribution in [0.5, 0.6) is 0 Å². The monoisotopic (exact) mass is 295 g/mol. The van der Waals surface area contributed by atoms with Gasteiger partial charge in [0.15, 0.2) is 0 Å². The normalized spacial score (nSPS) is 10.2. The fourth-order valence-corrected chi connectivity index (χ4v) is 1.99. The summed E-state index contributed by atoms with van der Waals surface area (Å²) in [6.07, 6.45) is 1.46. The molecule has 21 heavy (non-hydrogen) atoms. The number of hydrogen-bond acceptors (Lipinski definition) is 5. The van der Waals surface area contributed by atoms with Gasteiger partial charge in [0.1, 0.15) is 12.4 Å². The van der Waals surface area contributed by atoms with Crippen molar-refractivity contribution in [3.63, 3.8) is 0 Å². The van der Waals surface area contributed by atoms with Crippen molar-refractivity contribution in [3.05, 3.63) is 18.3 Å². The summed E-state index contributed by atoms with van der Waals surface area (Å²) in [7, 11) is 0. The van der Waals surface area contributed by atoms with Gasteiger partial charge in [-0.2, -0.15) is 0 Å². The van der Waals surface area contributed by atoms with Crippen LogP contribution in [0.25, 0.3) is 0 Å². The summed E-state index contributed by atoms with van der Waals surface area (Å²) in [5.74, 6) is -1.15. The second-order valence-corrected chi connectivity index (χ2v) is 4.51. The summed E-state index contributed by atoms with van der Waals surface area (Å²) in [6.45, 7) is 5.61. The van der Waals surface area contributed by atoms with Gasteiger partial charge in [0.05, 0.1) is 18.3 Å². The average Bonchev–Trinajstić information content (AvgIpc) is 2.45. The van der Waals surface area contributed by atoms with Crippen molar-refractivity contribution in [2.24, 2.45) is 0 Å². The summed E-state index contributed by atoms with van der Waals surface area (Å²) in [5, 5.41) is 17.6. The Kier molecular flexibility index (Phi) is 6.45. The first kappa shape index (κ1) is 16.7. The third-order valence-corrected chi connectivity index (χ3v) is 3.11. The van der Waals surface area contributed by atoms with Gasteiger partial charge in [-0.25, -0.2) is 4.98 Å². The molecule has 7 nitrogen and oxygen atoms in total. The lowest BCUT2D eigenvalue weighted by molar-refractivity contribution is -0.138. The molecule has 0 aromatic carbocycles. The van der Waals surface area contributed by atoms with Crippen molar-refractivity contribution in [1.29, 1.82) is 0 Å². The van der Waals surface area contributed by atoms with E-state index in [-0.39, 0.29) is 19.5 Å². The van der Waals surface area contributed by atoms with Crippen molar-refractivity contribution < 1.29 is 19.8 Å². The Morgan fingerprint density at radius 3 is 2.19 bits per heavy atom. The number of carbonyl (C=O) groups is 2. The topological polar surface area (TPSA) is 94.0 Å². The van der Waals surface area contributed by atoms with Crippen LogP contribution in [0.1, 0.15) is 20.3 Å². The number of carboxylic acids is 2. The van der Waals surface area contributed by atoms with Crippen molar-refractivity contribution >= 4 is 23.4 Å². The molecule has 0 fully saturated rings. The molecule has 0 spiro atoms. The Hall–Kier alpha value is -2.31. The second-order valence-electron chi connectivity index (χ2n) is 4.51. The summed E-state index contributed by atoms with van der Waals surface area (Å²) in [4.78, 5) is 29.4. The van der Waals surface area contributed by atoms with Gasteiger partial charge in [0, 0.05) is 19.6 Å². The lowest BCUT2D eigenvalue weighted by Crippen LogP contribution is -2.32. The second kappa shape index (κ2) is 8.08. The van der Waals surface area contributed by atoms with E-state index < -0.39 is 11.9 Å². The SMILES string of the molecule is CCN(CC)c1ccc(N(CCC(=O)O)CC(=O)O)cn1. The zero-order chi connectivity index (χ0) is 15.8. The van der Waals surface area contributed by atoms with E-state index in [1.54, 1.807) is 12.3 Å². The largest absolute Gasteiger partial charge is 0.481 e. The Morgan fingerprint density at radius 2 is 1.76 bits per heavy atom. The summed E-state index contributed by atoms with van der Waals surface area (Å²) < 4.78 is 0. The zero-order valence-electron chi connectivity index (χ0n) is 12.3. The highest BCUT2D eigenvalue weighted by Crippen LogP contribution is 2.18. The Morgan fingerprint density at radius 1 is 1.10 bits per heavy atom. The molecule has 7 heteroatoms. The molecule has 0 amide bonds. The molecular weight excluding hydrogens is 274 g/mol. The van der Waals surface area contributed by atoms with Crippen LogP contribution < -0.4 is 9.80 Å². The van der Waals surface area contributed by atoms with Crippen molar-refractivity contribution in [3.8, 4) is 0 Å². The van der Waals surface area contributed by atoms with Crippen LogP contribution in [0.2, 0.25) is 0 Å². The number of nitrogens with zero attached hydrogens (tertiary/aromatic N) is 3. The number of aromatic nitrogens is 1. The molecule has 0 aliphatic carbocycles. The third-order valence-electron chi connectivity index (χ3n) is 3.11. The number of hydrogen-bond donors (Lipinski definition) is 2. The smallest absolute Gasteiger partial charge is 0.323 e. The van der Waals surface area contributed by atoms with Crippen molar-refractivity contribution in [1.82, 2.24) is 4.98 Å². The maximum Gasteiger partial charge on any atom is 0.323 e. The number of carboxylic acid groups (broad SMARTS) is 2. The Labute approximate surface area is 123 Å². The van der Waals surface area contributed by atoms with E-state index in [2.05, 4.69) is 9.88 Å². The fourth-order valence-electron chi connectivity index (χ4n) is 1.99. The molecule has 0 bridgehead atoms. The molecule has 0 saturated heterocycles. The molecule has 1 rings (SSSR count). The lowest BCUT2D eigenvalue weighted by atomic mass is 10.3. The number of aliphatic carboxylic acids is 2. The van der Waals surface area contributed by atoms with E-state index in [0.29, 0.717) is 5.69 Å². The molecule has 0 atom stereocenters. The Bertz CT molecular complexity index is 472.